The molecule has 2 aliphatic rings. The van der Waals surface area contributed by atoms with E-state index in [-0.39, 0.29) is 24.2 Å². The van der Waals surface area contributed by atoms with Crippen molar-refractivity contribution in [3.8, 4) is 0 Å². The van der Waals surface area contributed by atoms with Gasteiger partial charge in [-0.3, -0.25) is 9.59 Å². The predicted octanol–water partition coefficient (Wildman–Crippen LogP) is 2.34. The van der Waals surface area contributed by atoms with Gasteiger partial charge in [0.1, 0.15) is 5.76 Å². The molecule has 1 N–H and O–H groups in total. The molecule has 1 aromatic heterocycles. The van der Waals surface area contributed by atoms with Crippen LogP contribution in [0.1, 0.15) is 30.4 Å². The Hall–Kier alpha value is -2.76. The molecule has 1 aliphatic heterocycles. The van der Waals surface area contributed by atoms with Gasteiger partial charge in [0.2, 0.25) is 11.8 Å². The molecule has 6 heteroatoms. The van der Waals surface area contributed by atoms with Gasteiger partial charge < -0.3 is 9.84 Å². The van der Waals surface area contributed by atoms with Gasteiger partial charge in [0.25, 0.3) is 0 Å². The second-order valence-electron chi connectivity index (χ2n) is 6.05. The number of rotatable bonds is 3. The first kappa shape index (κ1) is 16.1. The summed E-state index contributed by atoms with van der Waals surface area (Å²) in [7, 11) is 0. The van der Waals surface area contributed by atoms with Crippen LogP contribution in [0.4, 0.5) is 0 Å². The molecule has 124 valence electrons. The van der Waals surface area contributed by atoms with E-state index in [0.29, 0.717) is 12.1 Å². The van der Waals surface area contributed by atoms with Crippen LogP contribution in [-0.2, 0) is 16.0 Å². The molecule has 0 saturated heterocycles. The van der Waals surface area contributed by atoms with Crippen LogP contribution in [-0.4, -0.2) is 22.7 Å². The summed E-state index contributed by atoms with van der Waals surface area (Å²) in [6.45, 7) is 5.61. The zero-order chi connectivity index (χ0) is 17.3. The maximum atomic E-state index is 12.1. The highest BCUT2D eigenvalue weighted by atomic mass is 16.5. The fraction of sp³-hybridized carbons (Fsp3) is 0.333. The topological polar surface area (TPSA) is 84.6 Å². The normalized spacial score (nSPS) is 21.2. The minimum absolute atomic E-state index is 0.0547. The zero-order valence-electron chi connectivity index (χ0n) is 13.9. The van der Waals surface area contributed by atoms with E-state index in [4.69, 9.17) is 4.52 Å². The number of carbonyl (C=O) groups is 2. The predicted molar refractivity (Wildman–Crippen MR) is 89.4 cm³/mol. The number of nitrogens with zero attached hydrogens (tertiary/aromatic N) is 2. The molecule has 6 nitrogen and oxygen atoms in total. The molecule has 0 spiro atoms. The molecule has 0 fully saturated rings. The number of hydrogen-bond acceptors (Lipinski definition) is 4. The fourth-order valence-electron chi connectivity index (χ4n) is 2.94. The van der Waals surface area contributed by atoms with Crippen LogP contribution in [0.2, 0.25) is 0 Å². The standard InChI is InChI=1S/C18H19N3O3/c1-10-8-18(23)20-16-9-13(4-5-14(10)16)19-17(22)7-6-15-11(2)21-24-12(15)3/h4-5,8-9,14H,6-7H2,1-3H3,(H,20,23). The van der Waals surface area contributed by atoms with Crippen molar-refractivity contribution in [1.29, 1.82) is 0 Å². The van der Waals surface area contributed by atoms with E-state index < -0.39 is 0 Å². The van der Waals surface area contributed by atoms with Crippen LogP contribution in [0.3, 0.4) is 0 Å². The maximum Gasteiger partial charge on any atom is 0.248 e. The summed E-state index contributed by atoms with van der Waals surface area (Å²) >= 11 is 0. The minimum atomic E-state index is -0.209. The van der Waals surface area contributed by atoms with Crippen molar-refractivity contribution in [2.45, 2.75) is 33.6 Å². The molecule has 24 heavy (non-hydrogen) atoms. The molecule has 1 unspecified atom stereocenters. The van der Waals surface area contributed by atoms with Gasteiger partial charge in [0.15, 0.2) is 0 Å². The van der Waals surface area contributed by atoms with Crippen molar-refractivity contribution in [2.75, 3.05) is 0 Å². The highest BCUT2D eigenvalue weighted by molar-refractivity contribution is 6.11. The molecular formula is C18H19N3O3. The van der Waals surface area contributed by atoms with Gasteiger partial charge in [0.05, 0.1) is 11.4 Å². The Kier molecular flexibility index (Phi) is 4.29. The van der Waals surface area contributed by atoms with E-state index in [0.717, 1.165) is 28.3 Å². The van der Waals surface area contributed by atoms with Crippen molar-refractivity contribution in [3.63, 3.8) is 0 Å². The summed E-state index contributed by atoms with van der Waals surface area (Å²) in [5, 5.41) is 6.68. The van der Waals surface area contributed by atoms with Crippen molar-refractivity contribution < 1.29 is 14.1 Å². The number of allylic oxidation sites excluding steroid dienone is 3. The van der Waals surface area contributed by atoms with E-state index >= 15 is 0 Å². The number of carbonyl (C=O) groups excluding carboxylic acids is 2. The summed E-state index contributed by atoms with van der Waals surface area (Å²) < 4.78 is 5.09. The van der Waals surface area contributed by atoms with Crippen molar-refractivity contribution in [1.82, 2.24) is 10.5 Å². The molecule has 0 radical (unpaired) electrons. The molecule has 1 atom stereocenters. The summed E-state index contributed by atoms with van der Waals surface area (Å²) in [5.74, 6) is 0.440. The van der Waals surface area contributed by atoms with Crippen LogP contribution in [0.5, 0.6) is 0 Å². The van der Waals surface area contributed by atoms with Crippen LogP contribution in [0, 0.1) is 19.8 Å². The average Bonchev–Trinajstić information content (AvgIpc) is 2.83. The lowest BCUT2D eigenvalue weighted by atomic mass is 9.89. The van der Waals surface area contributed by atoms with E-state index in [1.165, 1.54) is 0 Å². The van der Waals surface area contributed by atoms with Crippen molar-refractivity contribution in [2.24, 2.45) is 10.9 Å². The van der Waals surface area contributed by atoms with Gasteiger partial charge in [0, 0.05) is 29.7 Å². The Morgan fingerprint density at radius 3 is 2.83 bits per heavy atom. The van der Waals surface area contributed by atoms with Crippen LogP contribution >= 0.6 is 0 Å². The highest BCUT2D eigenvalue weighted by Gasteiger charge is 2.23. The molecule has 1 aliphatic carbocycles. The second-order valence-corrected chi connectivity index (χ2v) is 6.05. The number of aromatic nitrogens is 1. The summed E-state index contributed by atoms with van der Waals surface area (Å²) in [6, 6.07) is 0. The first-order valence-electron chi connectivity index (χ1n) is 7.86. The average molecular weight is 325 g/mol. The lowest BCUT2D eigenvalue weighted by molar-refractivity contribution is -0.118. The Bertz CT molecular complexity index is 805. The summed E-state index contributed by atoms with van der Waals surface area (Å²) in [4.78, 5) is 27.8. The van der Waals surface area contributed by atoms with Gasteiger partial charge in [-0.25, -0.2) is 4.99 Å². The Labute approximate surface area is 140 Å². The Morgan fingerprint density at radius 1 is 1.33 bits per heavy atom. The maximum absolute atomic E-state index is 12.1. The van der Waals surface area contributed by atoms with Gasteiger partial charge in [-0.1, -0.05) is 16.8 Å². The number of aryl methyl sites for hydroxylation is 2. The molecule has 0 bridgehead atoms. The van der Waals surface area contributed by atoms with E-state index in [1.54, 1.807) is 12.2 Å². The molecule has 0 saturated carbocycles. The fourth-order valence-corrected chi connectivity index (χ4v) is 2.94. The van der Waals surface area contributed by atoms with E-state index in [1.807, 2.05) is 32.9 Å². The summed E-state index contributed by atoms with van der Waals surface area (Å²) in [5.41, 5.74) is 4.06. The quantitative estimate of drug-likeness (QED) is 0.924. The second kappa shape index (κ2) is 6.39. The number of aliphatic imine (C=N–C) groups is 1. The van der Waals surface area contributed by atoms with Gasteiger partial charge in [-0.15, -0.1) is 0 Å². The zero-order valence-corrected chi connectivity index (χ0v) is 13.9. The summed E-state index contributed by atoms with van der Waals surface area (Å²) in [6.07, 6.45) is 7.95. The van der Waals surface area contributed by atoms with Gasteiger partial charge in [-0.05, 0) is 39.3 Å². The molecule has 2 amide bonds. The van der Waals surface area contributed by atoms with Crippen LogP contribution in [0.25, 0.3) is 0 Å². The van der Waals surface area contributed by atoms with Crippen LogP contribution < -0.4 is 5.32 Å². The number of amides is 2. The largest absolute Gasteiger partial charge is 0.361 e. The molecule has 2 heterocycles. The van der Waals surface area contributed by atoms with Gasteiger partial charge in [-0.2, -0.15) is 0 Å². The lowest BCUT2D eigenvalue weighted by Crippen LogP contribution is -2.32. The SMILES string of the molecule is CC1=CC(=O)NC2=CC(=NC(=O)CCc3c(C)noc3C)C=CC12. The molecule has 1 aromatic rings. The number of hydrogen-bond donors (Lipinski definition) is 1. The minimum Gasteiger partial charge on any atom is -0.361 e. The Balaban J connectivity index is 1.69. The van der Waals surface area contributed by atoms with Crippen molar-refractivity contribution in [3.05, 3.63) is 52.6 Å². The first-order chi connectivity index (χ1) is 11.4. The monoisotopic (exact) mass is 325 g/mol. The van der Waals surface area contributed by atoms with Crippen LogP contribution in [0.15, 0.2) is 45.1 Å². The smallest absolute Gasteiger partial charge is 0.248 e. The van der Waals surface area contributed by atoms with Gasteiger partial charge >= 0.3 is 0 Å². The third-order valence-corrected chi connectivity index (χ3v) is 4.24. The molecular weight excluding hydrogens is 306 g/mol. The third-order valence-electron chi connectivity index (χ3n) is 4.24. The third kappa shape index (κ3) is 3.27. The van der Waals surface area contributed by atoms with E-state index in [9.17, 15) is 9.59 Å². The lowest BCUT2D eigenvalue weighted by Gasteiger charge is -2.25. The highest BCUT2D eigenvalue weighted by Crippen LogP contribution is 2.26. The molecule has 0 aromatic carbocycles. The number of nitrogens with one attached hydrogen (secondary N) is 1. The first-order valence-corrected chi connectivity index (χ1v) is 7.86. The molecule has 3 rings (SSSR count). The number of fused-ring (bicyclic) bond motifs is 1. The Morgan fingerprint density at radius 2 is 2.12 bits per heavy atom. The van der Waals surface area contributed by atoms with E-state index in [2.05, 4.69) is 15.5 Å². The van der Waals surface area contributed by atoms with Crippen molar-refractivity contribution >= 4 is 17.5 Å².